The summed E-state index contributed by atoms with van der Waals surface area (Å²) in [6.45, 7) is 1.49. The molecule has 0 spiro atoms. The van der Waals surface area contributed by atoms with Gasteiger partial charge in [0.05, 0.1) is 34.5 Å². The Morgan fingerprint density at radius 3 is 2.24 bits per heavy atom. The normalized spacial score (nSPS) is 14.0. The van der Waals surface area contributed by atoms with Gasteiger partial charge in [-0.1, -0.05) is 36.4 Å². The Labute approximate surface area is 241 Å². The first-order chi connectivity index (χ1) is 20.3. The molecule has 1 aliphatic heterocycles. The maximum absolute atomic E-state index is 13.7. The van der Waals surface area contributed by atoms with E-state index >= 15 is 0 Å². The maximum Gasteiger partial charge on any atom is 0.223 e. The minimum atomic E-state index is -1.04. The van der Waals surface area contributed by atoms with Crippen LogP contribution in [0.4, 0.5) is 0 Å². The van der Waals surface area contributed by atoms with Crippen molar-refractivity contribution in [3.8, 4) is 45.8 Å². The number of hydrogen-bond donors (Lipinski definition) is 3. The van der Waals surface area contributed by atoms with Gasteiger partial charge in [0.1, 0.15) is 16.7 Å². The number of benzene rings is 3. The van der Waals surface area contributed by atoms with Crippen molar-refractivity contribution < 1.29 is 43.5 Å². The highest BCUT2D eigenvalue weighted by Gasteiger charge is 2.35. The van der Waals surface area contributed by atoms with Gasteiger partial charge >= 0.3 is 0 Å². The SMILES string of the molecule is COc1ccc(C(CC(=O)N2CCOCC2)c2c(O)c(O)c(O)c3c(=O)cc(-c4ccccc4)oc23)c(OC)c1OC. The Morgan fingerprint density at radius 2 is 1.60 bits per heavy atom. The van der Waals surface area contributed by atoms with E-state index in [9.17, 15) is 24.9 Å². The van der Waals surface area contributed by atoms with Gasteiger partial charge in [-0.15, -0.1) is 0 Å². The van der Waals surface area contributed by atoms with Gasteiger partial charge in [-0.2, -0.15) is 0 Å². The molecule has 4 aromatic rings. The molecule has 0 radical (unpaired) electrons. The molecule has 1 aliphatic rings. The molecule has 0 saturated carbocycles. The van der Waals surface area contributed by atoms with Crippen LogP contribution in [0.1, 0.15) is 23.5 Å². The molecule has 0 bridgehead atoms. The second-order valence-corrected chi connectivity index (χ2v) is 9.68. The average molecular weight is 578 g/mol. The van der Waals surface area contributed by atoms with Crippen LogP contribution in [0.3, 0.4) is 0 Å². The molecule has 5 rings (SSSR count). The molecule has 1 fully saturated rings. The van der Waals surface area contributed by atoms with Crippen LogP contribution < -0.4 is 19.6 Å². The number of morpholine rings is 1. The second-order valence-electron chi connectivity index (χ2n) is 9.68. The second kappa shape index (κ2) is 11.9. The Morgan fingerprint density at radius 1 is 0.905 bits per heavy atom. The van der Waals surface area contributed by atoms with Gasteiger partial charge in [-0.05, 0) is 6.07 Å². The predicted molar refractivity (Wildman–Crippen MR) is 153 cm³/mol. The van der Waals surface area contributed by atoms with Crippen LogP contribution >= 0.6 is 0 Å². The summed E-state index contributed by atoms with van der Waals surface area (Å²) < 4.78 is 28.3. The van der Waals surface area contributed by atoms with Crippen molar-refractivity contribution >= 4 is 16.9 Å². The lowest BCUT2D eigenvalue weighted by molar-refractivity contribution is -0.135. The lowest BCUT2D eigenvalue weighted by atomic mass is 9.84. The van der Waals surface area contributed by atoms with Crippen LogP contribution in [0.2, 0.25) is 0 Å². The largest absolute Gasteiger partial charge is 0.504 e. The third-order valence-electron chi connectivity index (χ3n) is 7.39. The minimum absolute atomic E-state index is 0.0812. The minimum Gasteiger partial charge on any atom is -0.504 e. The lowest BCUT2D eigenvalue weighted by Crippen LogP contribution is -2.41. The summed E-state index contributed by atoms with van der Waals surface area (Å²) >= 11 is 0. The van der Waals surface area contributed by atoms with Crippen molar-refractivity contribution in [2.24, 2.45) is 0 Å². The molecule has 1 atom stereocenters. The number of ether oxygens (including phenoxy) is 4. The molecular weight excluding hydrogens is 546 g/mol. The van der Waals surface area contributed by atoms with E-state index in [-0.39, 0.29) is 46.1 Å². The van der Waals surface area contributed by atoms with Crippen LogP contribution in [0.15, 0.2) is 57.7 Å². The Balaban J connectivity index is 1.83. The average Bonchev–Trinajstić information content (AvgIpc) is 3.02. The number of phenolic OH excluding ortho intramolecular Hbond substituents is 3. The summed E-state index contributed by atoms with van der Waals surface area (Å²) in [6, 6.07) is 13.3. The van der Waals surface area contributed by atoms with Crippen LogP contribution in [0.25, 0.3) is 22.3 Å². The smallest absolute Gasteiger partial charge is 0.223 e. The fourth-order valence-corrected chi connectivity index (χ4v) is 5.32. The summed E-state index contributed by atoms with van der Waals surface area (Å²) in [5.41, 5.74) is 0.0279. The first-order valence-corrected chi connectivity index (χ1v) is 13.2. The molecule has 42 heavy (non-hydrogen) atoms. The number of rotatable bonds is 8. The quantitative estimate of drug-likeness (QED) is 0.263. The van der Waals surface area contributed by atoms with Crippen LogP contribution in [-0.2, 0) is 9.53 Å². The lowest BCUT2D eigenvalue weighted by Gasteiger charge is -2.30. The number of hydrogen-bond acceptors (Lipinski definition) is 10. The summed E-state index contributed by atoms with van der Waals surface area (Å²) in [4.78, 5) is 28.7. The van der Waals surface area contributed by atoms with Crippen molar-refractivity contribution in [1.29, 1.82) is 0 Å². The van der Waals surface area contributed by atoms with Crippen molar-refractivity contribution in [3.63, 3.8) is 0 Å². The number of aromatic hydroxyl groups is 3. The molecule has 11 heteroatoms. The first-order valence-electron chi connectivity index (χ1n) is 13.2. The molecule has 1 saturated heterocycles. The number of carbonyl (C=O) groups is 1. The zero-order valence-electron chi connectivity index (χ0n) is 23.4. The van der Waals surface area contributed by atoms with Gasteiger partial charge in [-0.25, -0.2) is 0 Å². The molecular formula is C31H31NO10. The highest BCUT2D eigenvalue weighted by molar-refractivity contribution is 5.94. The third kappa shape index (κ3) is 5.03. The summed E-state index contributed by atoms with van der Waals surface area (Å²) in [5.74, 6) is -2.85. The summed E-state index contributed by atoms with van der Waals surface area (Å²) in [6.07, 6.45) is -0.224. The maximum atomic E-state index is 13.7. The van der Waals surface area contributed by atoms with E-state index < -0.39 is 28.6 Å². The molecule has 1 unspecified atom stereocenters. The van der Waals surface area contributed by atoms with Crippen molar-refractivity contribution in [2.45, 2.75) is 12.3 Å². The van der Waals surface area contributed by atoms with E-state index in [1.54, 1.807) is 47.4 Å². The van der Waals surface area contributed by atoms with Gasteiger partial charge in [0, 0.05) is 48.2 Å². The van der Waals surface area contributed by atoms with Gasteiger partial charge in [-0.3, -0.25) is 9.59 Å². The van der Waals surface area contributed by atoms with Crippen molar-refractivity contribution in [2.75, 3.05) is 47.6 Å². The highest BCUT2D eigenvalue weighted by Crippen LogP contribution is 2.52. The van der Waals surface area contributed by atoms with Crippen LogP contribution in [-0.4, -0.2) is 73.8 Å². The standard InChI is InChI=1S/C31H31NO10/c1-38-21-10-9-18(29(39-2)30(21)40-3)19(15-23(34)32-11-13-41-14-12-32)24-26(35)28(37)27(36)25-20(33)16-22(42-31(24)25)17-7-5-4-6-8-17/h4-10,16,19,35-37H,11-15H2,1-3H3. The van der Waals surface area contributed by atoms with E-state index in [0.29, 0.717) is 43.2 Å². The number of carbonyl (C=O) groups excluding carboxylic acids is 1. The Bertz CT molecular complexity index is 1680. The van der Waals surface area contributed by atoms with Gasteiger partial charge in [0.15, 0.2) is 28.4 Å². The van der Waals surface area contributed by atoms with Gasteiger partial charge < -0.3 is 43.6 Å². The van der Waals surface area contributed by atoms with Gasteiger partial charge in [0.2, 0.25) is 17.4 Å². The fourth-order valence-electron chi connectivity index (χ4n) is 5.32. The predicted octanol–water partition coefficient (Wildman–Crippen LogP) is 3.98. The van der Waals surface area contributed by atoms with E-state index in [0.717, 1.165) is 0 Å². The van der Waals surface area contributed by atoms with Crippen molar-refractivity contribution in [3.05, 3.63) is 69.9 Å². The monoisotopic (exact) mass is 577 g/mol. The zero-order valence-corrected chi connectivity index (χ0v) is 23.4. The number of amides is 1. The van der Waals surface area contributed by atoms with Crippen LogP contribution in [0, 0.1) is 0 Å². The van der Waals surface area contributed by atoms with Crippen molar-refractivity contribution in [1.82, 2.24) is 4.90 Å². The third-order valence-corrected chi connectivity index (χ3v) is 7.39. The first kappa shape index (κ1) is 28.6. The Hall–Kier alpha value is -4.90. The van der Waals surface area contributed by atoms with E-state index in [1.807, 2.05) is 0 Å². The molecule has 3 N–H and O–H groups in total. The molecule has 1 amide bonds. The molecule has 3 aromatic carbocycles. The number of fused-ring (bicyclic) bond motifs is 1. The van der Waals surface area contributed by atoms with Gasteiger partial charge in [0.25, 0.3) is 0 Å². The summed E-state index contributed by atoms with van der Waals surface area (Å²) in [5, 5.41) is 32.6. The Kier molecular flexibility index (Phi) is 8.12. The number of phenols is 3. The summed E-state index contributed by atoms with van der Waals surface area (Å²) in [7, 11) is 4.32. The van der Waals surface area contributed by atoms with E-state index in [2.05, 4.69) is 0 Å². The zero-order chi connectivity index (χ0) is 30.0. The molecule has 0 aliphatic carbocycles. The number of methoxy groups -OCH3 is 3. The molecule has 2 heterocycles. The fraction of sp³-hybridized carbons (Fsp3) is 0.290. The molecule has 11 nitrogen and oxygen atoms in total. The van der Waals surface area contributed by atoms with E-state index in [4.69, 9.17) is 23.4 Å². The van der Waals surface area contributed by atoms with Crippen LogP contribution in [0.5, 0.6) is 34.5 Å². The molecule has 1 aromatic heterocycles. The van der Waals surface area contributed by atoms with E-state index in [1.165, 1.54) is 27.4 Å². The molecule has 220 valence electrons. The number of nitrogens with zero attached hydrogens (tertiary/aromatic N) is 1. The topological polar surface area (TPSA) is 148 Å². The highest BCUT2D eigenvalue weighted by atomic mass is 16.5.